The van der Waals surface area contributed by atoms with E-state index in [9.17, 15) is 22.8 Å². The van der Waals surface area contributed by atoms with Crippen molar-refractivity contribution < 1.29 is 37.8 Å². The predicted molar refractivity (Wildman–Crippen MR) is 89.6 cm³/mol. The molecule has 0 radical (unpaired) electrons. The highest BCUT2D eigenvalue weighted by molar-refractivity contribution is 7.14. The van der Waals surface area contributed by atoms with Crippen LogP contribution in [-0.4, -0.2) is 55.0 Å². The lowest BCUT2D eigenvalue weighted by Crippen LogP contribution is -2.40. The number of hydrogen-bond acceptors (Lipinski definition) is 7. The van der Waals surface area contributed by atoms with E-state index in [4.69, 9.17) is 20.7 Å². The molecule has 0 unspecified atom stereocenters. The van der Waals surface area contributed by atoms with Gasteiger partial charge in [-0.3, -0.25) is 9.59 Å². The molecule has 0 saturated carbocycles. The number of halogens is 3. The van der Waals surface area contributed by atoms with Gasteiger partial charge in [0.25, 0.3) is 0 Å². The fraction of sp³-hybridized carbons (Fsp3) is 0.357. The van der Waals surface area contributed by atoms with Crippen LogP contribution in [0.4, 0.5) is 13.2 Å². The number of nitrogens with one attached hydrogen (secondary N) is 1. The average Bonchev–Trinajstić information content (AvgIpc) is 3.28. The molecule has 0 aromatic carbocycles. The minimum absolute atomic E-state index is 0.113. The van der Waals surface area contributed by atoms with E-state index in [2.05, 4.69) is 15.4 Å². The minimum atomic E-state index is -5.08. The van der Waals surface area contributed by atoms with E-state index in [-0.39, 0.29) is 18.7 Å². The summed E-state index contributed by atoms with van der Waals surface area (Å²) in [5, 5.41) is 23.1. The number of amides is 1. The first-order chi connectivity index (χ1) is 13.0. The molecular weight excluding hydrogens is 407 g/mol. The summed E-state index contributed by atoms with van der Waals surface area (Å²) in [4.78, 5) is 36.1. The highest BCUT2D eigenvalue weighted by atomic mass is 32.1. The van der Waals surface area contributed by atoms with Gasteiger partial charge in [-0.1, -0.05) is 11.3 Å². The SMILES string of the molecule is N[C@@H](CCC(=O)O)C(=O)NCc1cnc(-n2cccn2)s1.O=C(O)C(F)(F)F. The second-order valence-corrected chi connectivity index (χ2v) is 6.21. The van der Waals surface area contributed by atoms with Crippen LogP contribution in [-0.2, 0) is 20.9 Å². The van der Waals surface area contributed by atoms with E-state index in [0.29, 0.717) is 11.7 Å². The largest absolute Gasteiger partial charge is 0.490 e. The zero-order valence-electron chi connectivity index (χ0n) is 14.1. The third-order valence-corrected chi connectivity index (χ3v) is 3.91. The molecule has 0 fully saturated rings. The molecule has 5 N–H and O–H groups in total. The Hall–Kier alpha value is -3.00. The first-order valence-corrected chi connectivity index (χ1v) is 8.32. The Morgan fingerprint density at radius 2 is 1.96 bits per heavy atom. The number of aliphatic carboxylic acids is 2. The van der Waals surface area contributed by atoms with Gasteiger partial charge in [0.1, 0.15) is 0 Å². The van der Waals surface area contributed by atoms with E-state index >= 15 is 0 Å². The van der Waals surface area contributed by atoms with Gasteiger partial charge in [-0.15, -0.1) is 0 Å². The second kappa shape index (κ2) is 10.4. The average molecular weight is 423 g/mol. The normalized spacial score (nSPS) is 11.9. The summed E-state index contributed by atoms with van der Waals surface area (Å²) in [7, 11) is 0. The summed E-state index contributed by atoms with van der Waals surface area (Å²) >= 11 is 1.40. The first kappa shape index (κ1) is 23.0. The van der Waals surface area contributed by atoms with Crippen LogP contribution < -0.4 is 11.1 Å². The minimum Gasteiger partial charge on any atom is -0.481 e. The van der Waals surface area contributed by atoms with E-state index in [0.717, 1.165) is 4.88 Å². The number of carboxylic acid groups (broad SMARTS) is 2. The van der Waals surface area contributed by atoms with Crippen molar-refractivity contribution in [1.82, 2.24) is 20.1 Å². The van der Waals surface area contributed by atoms with Gasteiger partial charge in [0, 0.05) is 29.9 Å². The van der Waals surface area contributed by atoms with Gasteiger partial charge in [0.05, 0.1) is 12.6 Å². The molecule has 2 rings (SSSR count). The number of thiazole rings is 1. The van der Waals surface area contributed by atoms with E-state index < -0.39 is 24.2 Å². The van der Waals surface area contributed by atoms with Gasteiger partial charge in [-0.2, -0.15) is 18.3 Å². The number of hydrogen-bond donors (Lipinski definition) is 4. The number of carbonyl (C=O) groups excluding carboxylic acids is 1. The number of alkyl halides is 3. The molecule has 2 aromatic rings. The Bertz CT molecular complexity index is 794. The van der Waals surface area contributed by atoms with Crippen molar-refractivity contribution in [2.75, 3.05) is 0 Å². The molecule has 1 amide bonds. The summed E-state index contributed by atoms with van der Waals surface area (Å²) in [5.41, 5.74) is 5.61. The van der Waals surface area contributed by atoms with Crippen LogP contribution in [0.5, 0.6) is 0 Å². The van der Waals surface area contributed by atoms with E-state index in [1.165, 1.54) is 11.3 Å². The Morgan fingerprint density at radius 1 is 1.32 bits per heavy atom. The number of rotatable bonds is 7. The third-order valence-electron chi connectivity index (χ3n) is 2.93. The molecule has 0 spiro atoms. The molecule has 154 valence electrons. The van der Waals surface area contributed by atoms with Gasteiger partial charge in [-0.05, 0) is 12.5 Å². The van der Waals surface area contributed by atoms with Gasteiger partial charge >= 0.3 is 18.1 Å². The van der Waals surface area contributed by atoms with Crippen LogP contribution in [0.1, 0.15) is 17.7 Å². The maximum atomic E-state index is 11.7. The third kappa shape index (κ3) is 8.13. The number of carbonyl (C=O) groups is 3. The van der Waals surface area contributed by atoms with Crippen LogP contribution in [0.2, 0.25) is 0 Å². The molecule has 2 aromatic heterocycles. The molecule has 0 aliphatic rings. The van der Waals surface area contributed by atoms with Gasteiger partial charge < -0.3 is 21.3 Å². The molecule has 1 atom stereocenters. The predicted octanol–water partition coefficient (Wildman–Crippen LogP) is 0.770. The van der Waals surface area contributed by atoms with Crippen LogP contribution >= 0.6 is 11.3 Å². The lowest BCUT2D eigenvalue weighted by Gasteiger charge is -2.10. The molecule has 14 heteroatoms. The van der Waals surface area contributed by atoms with Crippen LogP contribution in [0, 0.1) is 0 Å². The monoisotopic (exact) mass is 423 g/mol. The molecule has 0 saturated heterocycles. The van der Waals surface area contributed by atoms with Gasteiger partial charge in [0.15, 0.2) is 0 Å². The van der Waals surface area contributed by atoms with Crippen LogP contribution in [0.25, 0.3) is 5.13 Å². The molecule has 0 aliphatic heterocycles. The van der Waals surface area contributed by atoms with E-state index in [1.807, 2.05) is 0 Å². The van der Waals surface area contributed by atoms with Crippen LogP contribution in [0.3, 0.4) is 0 Å². The van der Waals surface area contributed by atoms with Gasteiger partial charge in [-0.25, -0.2) is 14.5 Å². The number of carboxylic acids is 2. The first-order valence-electron chi connectivity index (χ1n) is 7.50. The maximum Gasteiger partial charge on any atom is 0.490 e. The number of aromatic nitrogens is 3. The topological polar surface area (TPSA) is 160 Å². The maximum absolute atomic E-state index is 11.7. The summed E-state index contributed by atoms with van der Waals surface area (Å²) in [6.45, 7) is 0.304. The standard InChI is InChI=1S/C12H15N5O3S.C2HF3O2/c13-9(2-3-10(18)19)11(20)14-6-8-7-15-12(21-8)17-5-1-4-16-17;3-2(4,5)1(6)7/h1,4-5,7,9H,2-3,6,13H2,(H,14,20)(H,18,19);(H,6,7)/t9-;/m0./s1. The second-order valence-electron chi connectivity index (χ2n) is 5.12. The zero-order chi connectivity index (χ0) is 21.3. The quantitative estimate of drug-likeness (QED) is 0.508. The summed E-state index contributed by atoms with van der Waals surface area (Å²) in [6, 6.07) is 0.976. The molecule has 0 aliphatic carbocycles. The van der Waals surface area contributed by atoms with Crippen molar-refractivity contribution in [2.45, 2.75) is 31.6 Å². The van der Waals surface area contributed by atoms with Gasteiger partial charge in [0.2, 0.25) is 11.0 Å². The lowest BCUT2D eigenvalue weighted by molar-refractivity contribution is -0.192. The Balaban J connectivity index is 0.000000480. The van der Waals surface area contributed by atoms with E-state index in [1.54, 1.807) is 29.3 Å². The molecule has 0 bridgehead atoms. The van der Waals surface area contributed by atoms with Crippen molar-refractivity contribution in [2.24, 2.45) is 5.73 Å². The zero-order valence-corrected chi connectivity index (χ0v) is 14.9. The molecule has 28 heavy (non-hydrogen) atoms. The van der Waals surface area contributed by atoms with Crippen molar-refractivity contribution in [3.8, 4) is 5.13 Å². The smallest absolute Gasteiger partial charge is 0.481 e. The Morgan fingerprint density at radius 3 is 2.46 bits per heavy atom. The highest BCUT2D eigenvalue weighted by Crippen LogP contribution is 2.16. The summed E-state index contributed by atoms with van der Waals surface area (Å²) in [5.74, 6) is -4.10. The highest BCUT2D eigenvalue weighted by Gasteiger charge is 2.38. The fourth-order valence-corrected chi connectivity index (χ4v) is 2.37. The molecular formula is C14H16F3N5O5S. The molecule has 2 heterocycles. The van der Waals surface area contributed by atoms with Crippen molar-refractivity contribution in [3.63, 3.8) is 0 Å². The lowest BCUT2D eigenvalue weighted by atomic mass is 10.1. The Labute approximate surface area is 159 Å². The van der Waals surface area contributed by atoms with Crippen molar-refractivity contribution >= 4 is 29.2 Å². The fourth-order valence-electron chi connectivity index (χ4n) is 1.58. The van der Waals surface area contributed by atoms with Crippen molar-refractivity contribution in [3.05, 3.63) is 29.5 Å². The van der Waals surface area contributed by atoms with Crippen molar-refractivity contribution in [1.29, 1.82) is 0 Å². The number of nitrogens with zero attached hydrogens (tertiary/aromatic N) is 3. The summed E-state index contributed by atoms with van der Waals surface area (Å²) < 4.78 is 33.4. The number of nitrogens with two attached hydrogens (primary N) is 1. The van der Waals surface area contributed by atoms with Crippen LogP contribution in [0.15, 0.2) is 24.7 Å². The Kier molecular flexibility index (Phi) is 8.53. The summed E-state index contributed by atoms with van der Waals surface area (Å²) in [6.07, 6.45) is -0.000946. The molecule has 10 nitrogen and oxygen atoms in total.